The number of carbonyl (C=O) groups is 1. The smallest absolute Gasteiger partial charge is 0.257 e. The molecule has 0 aromatic carbocycles. The number of aliphatic hydroxyl groups excluding tert-OH is 1. The third kappa shape index (κ3) is 3.47. The summed E-state index contributed by atoms with van der Waals surface area (Å²) in [5.41, 5.74) is 2.11. The number of likely N-dealkylation sites (N-methyl/N-ethyl adjacent to an activating group) is 1. The SMILES string of the molecule is CN(C)C[C@@H](O)c1cc2n(n1)CCN(C(=O)c1cnc(C3CC3)nc1)C2. The minimum Gasteiger partial charge on any atom is -0.385 e. The van der Waals surface area contributed by atoms with Gasteiger partial charge in [-0.25, -0.2) is 9.97 Å². The molecule has 1 atom stereocenters. The van der Waals surface area contributed by atoms with Crippen LogP contribution < -0.4 is 0 Å². The van der Waals surface area contributed by atoms with Crippen LogP contribution in [0.25, 0.3) is 0 Å². The van der Waals surface area contributed by atoms with Gasteiger partial charge < -0.3 is 14.9 Å². The van der Waals surface area contributed by atoms with Gasteiger partial charge in [-0.05, 0) is 33.0 Å². The summed E-state index contributed by atoms with van der Waals surface area (Å²) in [6.07, 6.45) is 4.94. The fourth-order valence-corrected chi connectivity index (χ4v) is 3.25. The molecule has 0 saturated heterocycles. The van der Waals surface area contributed by atoms with Crippen LogP contribution >= 0.6 is 0 Å². The minimum atomic E-state index is -0.629. The number of rotatable bonds is 5. The summed E-state index contributed by atoms with van der Waals surface area (Å²) >= 11 is 0. The molecule has 4 rings (SSSR count). The summed E-state index contributed by atoms with van der Waals surface area (Å²) < 4.78 is 1.88. The lowest BCUT2D eigenvalue weighted by atomic mass is 10.2. The normalized spacial score (nSPS) is 18.1. The first-order valence-electron chi connectivity index (χ1n) is 9.02. The summed E-state index contributed by atoms with van der Waals surface area (Å²) in [7, 11) is 3.83. The van der Waals surface area contributed by atoms with Gasteiger partial charge in [0.05, 0.1) is 30.0 Å². The van der Waals surface area contributed by atoms with Crippen LogP contribution in [0.2, 0.25) is 0 Å². The van der Waals surface area contributed by atoms with E-state index < -0.39 is 6.10 Å². The molecule has 138 valence electrons. The van der Waals surface area contributed by atoms with Crippen molar-refractivity contribution in [3.8, 4) is 0 Å². The first-order chi connectivity index (χ1) is 12.5. The summed E-state index contributed by atoms with van der Waals surface area (Å²) in [6.45, 7) is 2.20. The van der Waals surface area contributed by atoms with E-state index in [0.29, 0.717) is 43.4 Å². The molecular weight excluding hydrogens is 332 g/mol. The number of nitrogens with zero attached hydrogens (tertiary/aromatic N) is 6. The third-order valence-electron chi connectivity index (χ3n) is 4.84. The second kappa shape index (κ2) is 6.77. The number of hydrogen-bond donors (Lipinski definition) is 1. The average molecular weight is 356 g/mol. The van der Waals surface area contributed by atoms with Gasteiger partial charge in [-0.1, -0.05) is 0 Å². The van der Waals surface area contributed by atoms with Crippen LogP contribution in [-0.4, -0.2) is 67.7 Å². The molecule has 8 heteroatoms. The standard InChI is InChI=1S/C18H24N6O2/c1-22(2)11-16(25)15-7-14-10-23(5-6-24(14)21-15)18(26)13-8-19-17(20-9-13)12-3-4-12/h7-9,12,16,25H,3-6,10-11H2,1-2H3/t16-/m1/s1. The molecule has 1 fully saturated rings. The van der Waals surface area contributed by atoms with Gasteiger partial charge in [0.1, 0.15) is 11.9 Å². The molecule has 8 nitrogen and oxygen atoms in total. The predicted octanol–water partition coefficient (Wildman–Crippen LogP) is 0.801. The van der Waals surface area contributed by atoms with E-state index in [1.807, 2.05) is 29.7 Å². The van der Waals surface area contributed by atoms with Crippen LogP contribution in [-0.2, 0) is 13.1 Å². The highest BCUT2D eigenvalue weighted by molar-refractivity contribution is 5.93. The maximum absolute atomic E-state index is 12.8. The van der Waals surface area contributed by atoms with Crippen molar-refractivity contribution in [2.75, 3.05) is 27.2 Å². The van der Waals surface area contributed by atoms with Gasteiger partial charge in [0.15, 0.2) is 0 Å². The highest BCUT2D eigenvalue weighted by Crippen LogP contribution is 2.37. The van der Waals surface area contributed by atoms with Gasteiger partial charge >= 0.3 is 0 Å². The minimum absolute atomic E-state index is 0.0600. The molecule has 0 bridgehead atoms. The Bertz CT molecular complexity index is 797. The Labute approximate surface area is 152 Å². The van der Waals surface area contributed by atoms with Gasteiger partial charge in [0.25, 0.3) is 5.91 Å². The Balaban J connectivity index is 1.45. The summed E-state index contributed by atoms with van der Waals surface area (Å²) in [5, 5.41) is 14.7. The van der Waals surface area contributed by atoms with Crippen molar-refractivity contribution >= 4 is 5.91 Å². The maximum Gasteiger partial charge on any atom is 0.257 e. The zero-order valence-electron chi connectivity index (χ0n) is 15.2. The lowest BCUT2D eigenvalue weighted by Crippen LogP contribution is -2.38. The molecule has 1 amide bonds. The number of hydrogen-bond acceptors (Lipinski definition) is 6. The topological polar surface area (TPSA) is 87.4 Å². The molecule has 0 unspecified atom stereocenters. The second-order valence-corrected chi connectivity index (χ2v) is 7.39. The second-order valence-electron chi connectivity index (χ2n) is 7.39. The maximum atomic E-state index is 12.8. The van der Waals surface area contributed by atoms with Crippen LogP contribution in [0.1, 0.15) is 52.4 Å². The monoisotopic (exact) mass is 356 g/mol. The molecule has 1 N–H and O–H groups in total. The van der Waals surface area contributed by atoms with E-state index in [1.165, 1.54) is 0 Å². The average Bonchev–Trinajstić information content (AvgIpc) is 3.38. The van der Waals surface area contributed by atoms with Gasteiger partial charge in [0, 0.05) is 31.4 Å². The van der Waals surface area contributed by atoms with E-state index in [9.17, 15) is 9.90 Å². The molecule has 0 spiro atoms. The van der Waals surface area contributed by atoms with E-state index in [4.69, 9.17) is 0 Å². The van der Waals surface area contributed by atoms with Crippen molar-refractivity contribution in [1.82, 2.24) is 29.5 Å². The van der Waals surface area contributed by atoms with Crippen molar-refractivity contribution in [3.63, 3.8) is 0 Å². The van der Waals surface area contributed by atoms with Crippen molar-refractivity contribution < 1.29 is 9.90 Å². The number of amides is 1. The van der Waals surface area contributed by atoms with Gasteiger partial charge in [-0.15, -0.1) is 0 Å². The molecular formula is C18H24N6O2. The van der Waals surface area contributed by atoms with Crippen LogP contribution in [0.3, 0.4) is 0 Å². The van der Waals surface area contributed by atoms with Crippen molar-refractivity contribution in [1.29, 1.82) is 0 Å². The Hall–Kier alpha value is -2.32. The van der Waals surface area contributed by atoms with Crippen LogP contribution in [0.4, 0.5) is 0 Å². The van der Waals surface area contributed by atoms with Crippen LogP contribution in [0, 0.1) is 0 Å². The Kier molecular flexibility index (Phi) is 4.46. The van der Waals surface area contributed by atoms with Gasteiger partial charge in [-0.2, -0.15) is 5.10 Å². The third-order valence-corrected chi connectivity index (χ3v) is 4.84. The van der Waals surface area contributed by atoms with Crippen molar-refractivity contribution in [2.45, 2.75) is 38.0 Å². The van der Waals surface area contributed by atoms with Gasteiger partial charge in [-0.3, -0.25) is 9.48 Å². The summed E-state index contributed by atoms with van der Waals surface area (Å²) in [5.74, 6) is 1.27. The molecule has 26 heavy (non-hydrogen) atoms. The fourth-order valence-electron chi connectivity index (χ4n) is 3.25. The molecule has 0 radical (unpaired) electrons. The highest BCUT2D eigenvalue weighted by atomic mass is 16.3. The number of aromatic nitrogens is 4. The Morgan fingerprint density at radius 1 is 1.31 bits per heavy atom. The zero-order chi connectivity index (χ0) is 18.3. The number of fused-ring (bicyclic) bond motifs is 1. The molecule has 2 aromatic heterocycles. The van der Waals surface area contributed by atoms with Crippen LogP contribution in [0.5, 0.6) is 0 Å². The van der Waals surface area contributed by atoms with Crippen molar-refractivity contribution in [3.05, 3.63) is 41.2 Å². The molecule has 2 aromatic rings. The number of carbonyl (C=O) groups excluding carboxylic acids is 1. The van der Waals surface area contributed by atoms with E-state index in [-0.39, 0.29) is 5.91 Å². The molecule has 1 aliphatic carbocycles. The number of aliphatic hydroxyl groups is 1. The quantitative estimate of drug-likeness (QED) is 0.853. The molecule has 3 heterocycles. The molecule has 2 aliphatic rings. The summed E-state index contributed by atoms with van der Waals surface area (Å²) in [4.78, 5) is 25.1. The van der Waals surface area contributed by atoms with Crippen molar-refractivity contribution in [2.24, 2.45) is 0 Å². The van der Waals surface area contributed by atoms with E-state index in [0.717, 1.165) is 24.4 Å². The van der Waals surface area contributed by atoms with E-state index in [2.05, 4.69) is 15.1 Å². The molecule has 1 saturated carbocycles. The van der Waals surface area contributed by atoms with Crippen LogP contribution in [0.15, 0.2) is 18.5 Å². The lowest BCUT2D eigenvalue weighted by Gasteiger charge is -2.27. The molecule has 1 aliphatic heterocycles. The predicted molar refractivity (Wildman–Crippen MR) is 94.5 cm³/mol. The zero-order valence-corrected chi connectivity index (χ0v) is 15.2. The highest BCUT2D eigenvalue weighted by Gasteiger charge is 2.28. The van der Waals surface area contributed by atoms with Gasteiger partial charge in [0.2, 0.25) is 0 Å². The first-order valence-corrected chi connectivity index (χ1v) is 9.02. The Morgan fingerprint density at radius 2 is 2.04 bits per heavy atom. The van der Waals surface area contributed by atoms with E-state index in [1.54, 1.807) is 17.3 Å². The Morgan fingerprint density at radius 3 is 2.69 bits per heavy atom. The van der Waals surface area contributed by atoms with E-state index >= 15 is 0 Å². The first kappa shape index (κ1) is 17.1. The fraction of sp³-hybridized carbons (Fsp3) is 0.556. The lowest BCUT2D eigenvalue weighted by molar-refractivity contribution is 0.0704. The largest absolute Gasteiger partial charge is 0.385 e. The summed E-state index contributed by atoms with van der Waals surface area (Å²) in [6, 6.07) is 1.89.